The molecule has 0 atom stereocenters. The fourth-order valence-corrected chi connectivity index (χ4v) is 5.28. The van der Waals surface area contributed by atoms with Gasteiger partial charge in [-0.2, -0.15) is 0 Å². The molecular weight excluding hydrogens is 356 g/mol. The Morgan fingerprint density at radius 1 is 0.720 bits per heavy atom. The van der Waals surface area contributed by atoms with Crippen LogP contribution in [0.3, 0.4) is 0 Å². The lowest BCUT2D eigenvalue weighted by molar-refractivity contribution is 0.593. The molecule has 4 nitrogen and oxygen atoms in total. The molecule has 0 aliphatic carbocycles. The van der Waals surface area contributed by atoms with Crippen molar-refractivity contribution in [1.29, 1.82) is 0 Å². The highest BCUT2D eigenvalue weighted by Gasteiger charge is 2.24. The van der Waals surface area contributed by atoms with Crippen LogP contribution >= 0.6 is 0 Å². The van der Waals surface area contributed by atoms with Crippen LogP contribution in [0.1, 0.15) is 5.56 Å². The summed E-state index contributed by atoms with van der Waals surface area (Å²) in [5, 5.41) is 0. The molecule has 0 saturated heterocycles. The Hall–Kier alpha value is -2.44. The van der Waals surface area contributed by atoms with Crippen molar-refractivity contribution in [2.24, 2.45) is 0 Å². The monoisotopic (exact) mass is 371 g/mol. The molecule has 3 rings (SSSR count). The third-order valence-corrected chi connectivity index (χ3v) is 7.39. The van der Waals surface area contributed by atoms with Crippen LogP contribution in [0.2, 0.25) is 0 Å². The van der Waals surface area contributed by atoms with Gasteiger partial charge in [0.25, 0.3) is 0 Å². The van der Waals surface area contributed by atoms with Gasteiger partial charge in [-0.05, 0) is 48.9 Å². The van der Waals surface area contributed by atoms with E-state index >= 15 is 0 Å². The molecule has 0 heterocycles. The number of hydrogen-bond acceptors (Lipinski definition) is 4. The summed E-state index contributed by atoms with van der Waals surface area (Å²) < 4.78 is 51.2. The molecule has 0 fully saturated rings. The van der Waals surface area contributed by atoms with E-state index in [0.29, 0.717) is 5.56 Å². The highest BCUT2D eigenvalue weighted by atomic mass is 32.2. The summed E-state index contributed by atoms with van der Waals surface area (Å²) >= 11 is 0. The molecule has 25 heavy (non-hydrogen) atoms. The third-order valence-electron chi connectivity index (χ3n) is 3.77. The first-order valence-electron chi connectivity index (χ1n) is 7.46. The van der Waals surface area contributed by atoms with E-state index < -0.39 is 19.7 Å². The van der Waals surface area contributed by atoms with Gasteiger partial charge >= 0.3 is 0 Å². The largest absolute Gasteiger partial charge is 0.219 e. The van der Waals surface area contributed by atoms with E-state index in [1.165, 1.54) is 36.4 Å². The SMILES string of the molecule is Cc1c[c]c(S(=O)(=O)c2ccccc2)cc1S(=O)(=O)c1ccccc1. The van der Waals surface area contributed by atoms with Gasteiger partial charge in [-0.3, -0.25) is 0 Å². The first-order valence-corrected chi connectivity index (χ1v) is 10.4. The van der Waals surface area contributed by atoms with Crippen LogP contribution in [0.4, 0.5) is 0 Å². The van der Waals surface area contributed by atoms with E-state index in [4.69, 9.17) is 0 Å². The van der Waals surface area contributed by atoms with Gasteiger partial charge in [-0.15, -0.1) is 0 Å². The maximum Gasteiger partial charge on any atom is 0.207 e. The highest BCUT2D eigenvalue weighted by molar-refractivity contribution is 7.92. The van der Waals surface area contributed by atoms with Crippen molar-refractivity contribution in [3.8, 4) is 0 Å². The van der Waals surface area contributed by atoms with Crippen LogP contribution < -0.4 is 0 Å². The molecule has 0 amide bonds. The van der Waals surface area contributed by atoms with Gasteiger partial charge in [0.2, 0.25) is 19.7 Å². The summed E-state index contributed by atoms with van der Waals surface area (Å²) in [6.07, 6.45) is 0. The topological polar surface area (TPSA) is 68.3 Å². The summed E-state index contributed by atoms with van der Waals surface area (Å²) in [5.41, 5.74) is 0.441. The Balaban J connectivity index is 2.18. The highest BCUT2D eigenvalue weighted by Crippen LogP contribution is 2.28. The minimum Gasteiger partial charge on any atom is -0.219 e. The maximum absolute atomic E-state index is 12.9. The molecule has 0 aromatic heterocycles. The number of rotatable bonds is 4. The summed E-state index contributed by atoms with van der Waals surface area (Å²) in [7, 11) is -7.66. The fraction of sp³-hybridized carbons (Fsp3) is 0.0526. The molecule has 6 heteroatoms. The molecule has 0 aliphatic rings. The van der Waals surface area contributed by atoms with Crippen LogP contribution in [0.25, 0.3) is 0 Å². The van der Waals surface area contributed by atoms with E-state index in [2.05, 4.69) is 6.07 Å². The van der Waals surface area contributed by atoms with E-state index in [1.54, 1.807) is 43.3 Å². The Morgan fingerprint density at radius 3 is 1.72 bits per heavy atom. The Labute approximate surface area is 147 Å². The lowest BCUT2D eigenvalue weighted by atomic mass is 10.2. The maximum atomic E-state index is 12.9. The normalized spacial score (nSPS) is 12.0. The summed E-state index contributed by atoms with van der Waals surface area (Å²) in [6, 6.07) is 21.1. The van der Waals surface area contributed by atoms with E-state index in [0.717, 1.165) is 0 Å². The Morgan fingerprint density at radius 2 is 1.20 bits per heavy atom. The summed E-state index contributed by atoms with van der Waals surface area (Å²) in [5.74, 6) is 0. The zero-order valence-corrected chi connectivity index (χ0v) is 15.0. The molecule has 0 spiro atoms. The van der Waals surface area contributed by atoms with Crippen LogP contribution in [-0.4, -0.2) is 16.8 Å². The molecule has 0 aliphatic heterocycles. The van der Waals surface area contributed by atoms with Gasteiger partial charge in [0, 0.05) is 6.07 Å². The van der Waals surface area contributed by atoms with Gasteiger partial charge in [0.15, 0.2) is 0 Å². The smallest absolute Gasteiger partial charge is 0.207 e. The number of sulfone groups is 2. The molecule has 0 N–H and O–H groups in total. The van der Waals surface area contributed by atoms with Crippen molar-refractivity contribution in [2.75, 3.05) is 0 Å². The van der Waals surface area contributed by atoms with Crippen molar-refractivity contribution < 1.29 is 16.8 Å². The second kappa shape index (κ2) is 6.46. The first-order chi connectivity index (χ1) is 11.8. The predicted octanol–water partition coefficient (Wildman–Crippen LogP) is 3.46. The average molecular weight is 371 g/mol. The second-order valence-corrected chi connectivity index (χ2v) is 9.31. The summed E-state index contributed by atoms with van der Waals surface area (Å²) in [4.78, 5) is 0.0104. The quantitative estimate of drug-likeness (QED) is 0.704. The van der Waals surface area contributed by atoms with Crippen LogP contribution in [-0.2, 0) is 19.7 Å². The molecule has 3 aromatic carbocycles. The van der Waals surface area contributed by atoms with Crippen molar-refractivity contribution in [3.63, 3.8) is 0 Å². The number of benzene rings is 3. The minimum absolute atomic E-state index is 0.0352. The Bertz CT molecular complexity index is 1100. The van der Waals surface area contributed by atoms with E-state index in [-0.39, 0.29) is 19.6 Å². The van der Waals surface area contributed by atoms with Crippen LogP contribution in [0, 0.1) is 13.0 Å². The minimum atomic E-state index is -3.84. The second-order valence-electron chi connectivity index (χ2n) is 5.48. The van der Waals surface area contributed by atoms with Gasteiger partial charge in [0.05, 0.1) is 19.6 Å². The molecule has 3 aromatic rings. The van der Waals surface area contributed by atoms with Gasteiger partial charge in [0.1, 0.15) is 0 Å². The molecule has 0 saturated carbocycles. The van der Waals surface area contributed by atoms with Gasteiger partial charge in [-0.25, -0.2) is 16.8 Å². The van der Waals surface area contributed by atoms with Gasteiger partial charge < -0.3 is 0 Å². The zero-order chi connectivity index (χ0) is 18.1. The standard InChI is InChI=1S/C19H15O4S2/c1-15-12-13-18(24(20,21)16-8-4-2-5-9-16)14-19(15)25(22,23)17-10-6-3-7-11-17/h2-12,14H,1H3. The fourth-order valence-electron chi connectivity index (χ4n) is 2.42. The first kappa shape index (κ1) is 17.4. The summed E-state index contributed by atoms with van der Waals surface area (Å²) in [6.45, 7) is 1.62. The molecular formula is C19H15O4S2. The predicted molar refractivity (Wildman–Crippen MR) is 93.8 cm³/mol. The van der Waals surface area contributed by atoms with Crippen molar-refractivity contribution in [2.45, 2.75) is 26.5 Å². The molecule has 0 bridgehead atoms. The van der Waals surface area contributed by atoms with Crippen molar-refractivity contribution in [1.82, 2.24) is 0 Å². The van der Waals surface area contributed by atoms with E-state index in [9.17, 15) is 16.8 Å². The molecule has 0 unspecified atom stereocenters. The number of aryl methyl sites for hydroxylation is 1. The van der Waals surface area contributed by atoms with Crippen molar-refractivity contribution in [3.05, 3.63) is 84.4 Å². The van der Waals surface area contributed by atoms with Crippen LogP contribution in [0.15, 0.2) is 92.4 Å². The molecule has 127 valence electrons. The van der Waals surface area contributed by atoms with Crippen molar-refractivity contribution >= 4 is 19.7 Å². The third kappa shape index (κ3) is 3.23. The Kier molecular flexibility index (Phi) is 4.49. The van der Waals surface area contributed by atoms with E-state index in [1.807, 2.05) is 0 Å². The zero-order valence-electron chi connectivity index (χ0n) is 13.4. The van der Waals surface area contributed by atoms with Crippen LogP contribution in [0.5, 0.6) is 0 Å². The number of hydrogen-bond donors (Lipinski definition) is 0. The lowest BCUT2D eigenvalue weighted by Gasteiger charge is -2.11. The molecule has 1 radical (unpaired) electrons. The van der Waals surface area contributed by atoms with Gasteiger partial charge in [-0.1, -0.05) is 36.4 Å². The lowest BCUT2D eigenvalue weighted by Crippen LogP contribution is -2.08. The average Bonchev–Trinajstić information content (AvgIpc) is 2.63.